The van der Waals surface area contributed by atoms with Crippen molar-refractivity contribution < 1.29 is 9.53 Å². The van der Waals surface area contributed by atoms with Gasteiger partial charge in [-0.3, -0.25) is 9.69 Å². The number of rotatable bonds is 5. The molecule has 8 heteroatoms. The number of carbonyl (C=O) groups excluding carboxylic acids is 1. The van der Waals surface area contributed by atoms with Gasteiger partial charge in [0.25, 0.3) is 0 Å². The van der Waals surface area contributed by atoms with E-state index in [0.29, 0.717) is 12.5 Å². The van der Waals surface area contributed by atoms with Crippen LogP contribution in [0.2, 0.25) is 5.02 Å². The molecule has 1 unspecified atom stereocenters. The van der Waals surface area contributed by atoms with Gasteiger partial charge in [-0.05, 0) is 43.7 Å². The molecule has 3 rings (SSSR count). The standard InChI is InChI=1S/C18H26ClN3O2.2ClH/c1-14-12-16(19)2-3-17(14)24-11-10-21-6-8-22(9-7-21)18(23)15-4-5-20-13-15;;/h2-3,12,15,20H,4-11,13H2,1H3;2*1H. The van der Waals surface area contributed by atoms with Crippen LogP contribution in [-0.2, 0) is 4.79 Å². The van der Waals surface area contributed by atoms with Crippen LogP contribution in [0.15, 0.2) is 18.2 Å². The van der Waals surface area contributed by atoms with E-state index in [1.54, 1.807) is 0 Å². The van der Waals surface area contributed by atoms with Gasteiger partial charge in [-0.15, -0.1) is 24.8 Å². The highest BCUT2D eigenvalue weighted by Crippen LogP contribution is 2.21. The van der Waals surface area contributed by atoms with Gasteiger partial charge in [-0.2, -0.15) is 0 Å². The number of ether oxygens (including phenoxy) is 1. The number of piperazine rings is 1. The fourth-order valence-corrected chi connectivity index (χ4v) is 3.60. The number of halogens is 3. The van der Waals surface area contributed by atoms with Gasteiger partial charge in [0.2, 0.25) is 5.91 Å². The summed E-state index contributed by atoms with van der Waals surface area (Å²) >= 11 is 5.96. The highest BCUT2D eigenvalue weighted by atomic mass is 35.5. The molecule has 0 aliphatic carbocycles. The molecule has 2 heterocycles. The van der Waals surface area contributed by atoms with Crippen molar-refractivity contribution in [2.24, 2.45) is 5.92 Å². The topological polar surface area (TPSA) is 44.8 Å². The van der Waals surface area contributed by atoms with Crippen LogP contribution in [0.5, 0.6) is 5.75 Å². The second-order valence-electron chi connectivity index (χ2n) is 6.61. The first-order valence-electron chi connectivity index (χ1n) is 8.74. The molecule has 2 aliphatic rings. The van der Waals surface area contributed by atoms with Crippen LogP contribution in [0.1, 0.15) is 12.0 Å². The van der Waals surface area contributed by atoms with Crippen LogP contribution in [-0.4, -0.2) is 68.1 Å². The third-order valence-electron chi connectivity index (χ3n) is 4.90. The summed E-state index contributed by atoms with van der Waals surface area (Å²) in [6.45, 7) is 8.86. The summed E-state index contributed by atoms with van der Waals surface area (Å²) in [4.78, 5) is 16.8. The molecule has 1 aromatic rings. The van der Waals surface area contributed by atoms with E-state index in [1.165, 1.54) is 0 Å². The molecule has 1 amide bonds. The molecule has 2 fully saturated rings. The summed E-state index contributed by atoms with van der Waals surface area (Å²) in [6.07, 6.45) is 0.979. The predicted octanol–water partition coefficient (Wildman–Crippen LogP) is 2.62. The Kier molecular flexibility index (Phi) is 10.0. The van der Waals surface area contributed by atoms with Crippen molar-refractivity contribution in [2.45, 2.75) is 13.3 Å². The number of nitrogens with one attached hydrogen (secondary N) is 1. The van der Waals surface area contributed by atoms with Crippen LogP contribution in [0.4, 0.5) is 0 Å². The molecule has 1 atom stereocenters. The monoisotopic (exact) mass is 423 g/mol. The molecular formula is C18H28Cl3N3O2. The number of hydrogen-bond acceptors (Lipinski definition) is 4. The lowest BCUT2D eigenvalue weighted by Crippen LogP contribution is -2.51. The summed E-state index contributed by atoms with van der Waals surface area (Å²) in [5.41, 5.74) is 1.06. The van der Waals surface area contributed by atoms with Gasteiger partial charge in [0.1, 0.15) is 12.4 Å². The summed E-state index contributed by atoms with van der Waals surface area (Å²) < 4.78 is 5.86. The Hall–Kier alpha value is -0.720. The Labute approximate surface area is 173 Å². The fraction of sp³-hybridized carbons (Fsp3) is 0.611. The van der Waals surface area contributed by atoms with Crippen molar-refractivity contribution in [3.63, 3.8) is 0 Å². The van der Waals surface area contributed by atoms with E-state index in [1.807, 2.05) is 30.0 Å². The number of aryl methyl sites for hydroxylation is 1. The maximum Gasteiger partial charge on any atom is 0.227 e. The lowest BCUT2D eigenvalue weighted by molar-refractivity contribution is -0.136. The van der Waals surface area contributed by atoms with Gasteiger partial charge in [0.15, 0.2) is 0 Å². The molecule has 1 N–H and O–H groups in total. The molecule has 0 bridgehead atoms. The third-order valence-corrected chi connectivity index (χ3v) is 5.13. The Morgan fingerprint density at radius 3 is 2.62 bits per heavy atom. The number of nitrogens with zero attached hydrogens (tertiary/aromatic N) is 2. The zero-order valence-corrected chi connectivity index (χ0v) is 17.5. The molecule has 148 valence electrons. The zero-order valence-electron chi connectivity index (χ0n) is 15.1. The van der Waals surface area contributed by atoms with E-state index in [2.05, 4.69) is 10.2 Å². The lowest BCUT2D eigenvalue weighted by Gasteiger charge is -2.35. The highest BCUT2D eigenvalue weighted by Gasteiger charge is 2.29. The summed E-state index contributed by atoms with van der Waals surface area (Å²) in [7, 11) is 0. The Bertz CT molecular complexity index is 575. The first kappa shape index (κ1) is 23.3. The molecular weight excluding hydrogens is 397 g/mol. The Balaban J connectivity index is 0.00000169. The average Bonchev–Trinajstić information content (AvgIpc) is 3.11. The van der Waals surface area contributed by atoms with Crippen LogP contribution in [0, 0.1) is 12.8 Å². The maximum absolute atomic E-state index is 12.4. The minimum atomic E-state index is 0. The minimum Gasteiger partial charge on any atom is -0.492 e. The van der Waals surface area contributed by atoms with Gasteiger partial charge in [-0.1, -0.05) is 11.6 Å². The van der Waals surface area contributed by atoms with Crippen LogP contribution in [0.3, 0.4) is 0 Å². The van der Waals surface area contributed by atoms with Crippen molar-refractivity contribution in [3.8, 4) is 5.75 Å². The van der Waals surface area contributed by atoms with Crippen LogP contribution in [0.25, 0.3) is 0 Å². The van der Waals surface area contributed by atoms with E-state index in [9.17, 15) is 4.79 Å². The summed E-state index contributed by atoms with van der Waals surface area (Å²) in [5, 5.41) is 4.00. The smallest absolute Gasteiger partial charge is 0.227 e. The van der Waals surface area contributed by atoms with Crippen molar-refractivity contribution >= 4 is 42.3 Å². The molecule has 0 radical (unpaired) electrons. The van der Waals surface area contributed by atoms with Crippen molar-refractivity contribution in [2.75, 3.05) is 52.4 Å². The molecule has 5 nitrogen and oxygen atoms in total. The molecule has 0 spiro atoms. The van der Waals surface area contributed by atoms with Gasteiger partial charge in [0.05, 0.1) is 5.92 Å². The number of carbonyl (C=O) groups is 1. The third kappa shape index (κ3) is 6.17. The Morgan fingerprint density at radius 1 is 1.27 bits per heavy atom. The molecule has 2 aliphatic heterocycles. The van der Waals surface area contributed by atoms with Gasteiger partial charge >= 0.3 is 0 Å². The summed E-state index contributed by atoms with van der Waals surface area (Å²) in [5.74, 6) is 1.40. The number of hydrogen-bond donors (Lipinski definition) is 1. The van der Waals surface area contributed by atoms with Crippen LogP contribution < -0.4 is 10.1 Å². The van der Waals surface area contributed by atoms with Gasteiger partial charge < -0.3 is 15.0 Å². The fourth-order valence-electron chi connectivity index (χ4n) is 3.37. The molecule has 26 heavy (non-hydrogen) atoms. The quantitative estimate of drug-likeness (QED) is 0.789. The molecule has 0 aromatic heterocycles. The highest BCUT2D eigenvalue weighted by molar-refractivity contribution is 6.30. The van der Waals surface area contributed by atoms with Gasteiger partial charge in [-0.25, -0.2) is 0 Å². The summed E-state index contributed by atoms with van der Waals surface area (Å²) in [6, 6.07) is 5.69. The molecule has 1 aromatic carbocycles. The molecule has 0 saturated carbocycles. The van der Waals surface area contributed by atoms with E-state index < -0.39 is 0 Å². The normalized spacial score (nSPS) is 20.2. The minimum absolute atomic E-state index is 0. The lowest BCUT2D eigenvalue weighted by atomic mass is 10.1. The van der Waals surface area contributed by atoms with Crippen molar-refractivity contribution in [1.29, 1.82) is 0 Å². The predicted molar refractivity (Wildman–Crippen MR) is 110 cm³/mol. The van der Waals surface area contributed by atoms with E-state index in [4.69, 9.17) is 16.3 Å². The largest absolute Gasteiger partial charge is 0.492 e. The first-order chi connectivity index (χ1) is 11.6. The Morgan fingerprint density at radius 2 is 2.00 bits per heavy atom. The molecule has 2 saturated heterocycles. The number of benzene rings is 1. The van der Waals surface area contributed by atoms with Crippen molar-refractivity contribution in [3.05, 3.63) is 28.8 Å². The van der Waals surface area contributed by atoms with Gasteiger partial charge in [0, 0.05) is 44.3 Å². The second kappa shape index (κ2) is 11.2. The van der Waals surface area contributed by atoms with E-state index in [0.717, 1.165) is 68.6 Å². The first-order valence-corrected chi connectivity index (χ1v) is 9.12. The SMILES string of the molecule is Cc1cc(Cl)ccc1OCCN1CCN(C(=O)C2CCNC2)CC1.Cl.Cl. The van der Waals surface area contributed by atoms with E-state index >= 15 is 0 Å². The average molecular weight is 425 g/mol. The maximum atomic E-state index is 12.4. The second-order valence-corrected chi connectivity index (χ2v) is 7.05. The van der Waals surface area contributed by atoms with Crippen molar-refractivity contribution in [1.82, 2.24) is 15.1 Å². The van der Waals surface area contributed by atoms with Crippen LogP contribution >= 0.6 is 36.4 Å². The van der Waals surface area contributed by atoms with E-state index in [-0.39, 0.29) is 30.7 Å². The number of amides is 1. The zero-order chi connectivity index (χ0) is 16.9.